The van der Waals surface area contributed by atoms with Gasteiger partial charge in [0.25, 0.3) is 0 Å². The number of rotatable bonds is 15. The average molecular weight is 273 g/mol. The molecule has 0 aliphatic carbocycles. The maximum atomic E-state index is 9.65. The molecule has 0 spiro atoms. The van der Waals surface area contributed by atoms with Crippen molar-refractivity contribution in [1.29, 1.82) is 0 Å². The first-order valence-corrected chi connectivity index (χ1v) is 8.31. The van der Waals surface area contributed by atoms with Crippen molar-refractivity contribution in [2.24, 2.45) is 0 Å². The van der Waals surface area contributed by atoms with Gasteiger partial charge in [0, 0.05) is 13.1 Å². The summed E-state index contributed by atoms with van der Waals surface area (Å²) in [5.41, 5.74) is 0. The molecule has 1 atom stereocenters. The van der Waals surface area contributed by atoms with E-state index in [0.717, 1.165) is 12.8 Å². The zero-order chi connectivity index (χ0) is 14.2. The van der Waals surface area contributed by atoms with Gasteiger partial charge >= 0.3 is 0 Å². The Morgan fingerprint density at radius 1 is 0.842 bits per heavy atom. The minimum atomic E-state index is -0.249. The lowest BCUT2D eigenvalue weighted by Gasteiger charge is -2.10. The molecule has 0 aromatic carbocycles. The molecule has 3 heteroatoms. The first-order chi connectivity index (χ1) is 9.31. The smallest absolute Gasteiger partial charge is 0.0664 e. The Bertz CT molecular complexity index is 165. The molecule has 0 amide bonds. The van der Waals surface area contributed by atoms with Gasteiger partial charge in [0.2, 0.25) is 0 Å². The third-order valence-corrected chi connectivity index (χ3v) is 3.56. The van der Waals surface area contributed by atoms with Crippen LogP contribution in [0.5, 0.6) is 0 Å². The lowest BCUT2D eigenvalue weighted by atomic mass is 10.0. The SMILES string of the molecule is CCCCCCCCCCCCC(O)CNCCO. The molecule has 19 heavy (non-hydrogen) atoms. The molecule has 0 aliphatic rings. The molecule has 0 aromatic heterocycles. The van der Waals surface area contributed by atoms with Gasteiger partial charge < -0.3 is 15.5 Å². The van der Waals surface area contributed by atoms with Gasteiger partial charge in [-0.15, -0.1) is 0 Å². The second-order valence-corrected chi connectivity index (χ2v) is 5.55. The number of nitrogens with one attached hydrogen (secondary N) is 1. The van der Waals surface area contributed by atoms with Gasteiger partial charge in [0.1, 0.15) is 0 Å². The molecular weight excluding hydrogens is 238 g/mol. The summed E-state index contributed by atoms with van der Waals surface area (Å²) in [5, 5.41) is 21.3. The molecule has 0 saturated carbocycles. The molecule has 3 N–H and O–H groups in total. The van der Waals surface area contributed by atoms with Crippen molar-refractivity contribution >= 4 is 0 Å². The van der Waals surface area contributed by atoms with Crippen LogP contribution in [0.1, 0.15) is 77.6 Å². The summed E-state index contributed by atoms with van der Waals surface area (Å²) in [7, 11) is 0. The van der Waals surface area contributed by atoms with Crippen molar-refractivity contribution in [3.05, 3.63) is 0 Å². The van der Waals surface area contributed by atoms with E-state index in [0.29, 0.717) is 13.1 Å². The predicted molar refractivity (Wildman–Crippen MR) is 82.4 cm³/mol. The van der Waals surface area contributed by atoms with Crippen LogP contribution in [0.25, 0.3) is 0 Å². The van der Waals surface area contributed by atoms with E-state index in [-0.39, 0.29) is 12.7 Å². The van der Waals surface area contributed by atoms with Crippen molar-refractivity contribution in [3.63, 3.8) is 0 Å². The highest BCUT2D eigenvalue weighted by molar-refractivity contribution is 4.59. The third-order valence-electron chi connectivity index (χ3n) is 3.56. The van der Waals surface area contributed by atoms with E-state index in [2.05, 4.69) is 12.2 Å². The molecule has 3 nitrogen and oxygen atoms in total. The van der Waals surface area contributed by atoms with Crippen LogP contribution in [0.3, 0.4) is 0 Å². The Hall–Kier alpha value is -0.120. The van der Waals surface area contributed by atoms with E-state index in [4.69, 9.17) is 5.11 Å². The average Bonchev–Trinajstić information content (AvgIpc) is 2.41. The Morgan fingerprint density at radius 3 is 1.89 bits per heavy atom. The molecule has 0 bridgehead atoms. The van der Waals surface area contributed by atoms with Crippen LogP contribution < -0.4 is 5.32 Å². The number of aliphatic hydroxyl groups excluding tert-OH is 2. The zero-order valence-corrected chi connectivity index (χ0v) is 12.9. The fourth-order valence-corrected chi connectivity index (χ4v) is 2.32. The van der Waals surface area contributed by atoms with E-state index in [1.165, 1.54) is 57.8 Å². The normalized spacial score (nSPS) is 12.8. The molecule has 0 rings (SSSR count). The quantitative estimate of drug-likeness (QED) is 0.401. The summed E-state index contributed by atoms with van der Waals surface area (Å²) < 4.78 is 0. The number of hydrogen-bond donors (Lipinski definition) is 3. The molecule has 0 saturated heterocycles. The number of unbranched alkanes of at least 4 members (excludes halogenated alkanes) is 9. The van der Waals surface area contributed by atoms with Crippen LogP contribution in [0.4, 0.5) is 0 Å². The van der Waals surface area contributed by atoms with E-state index in [9.17, 15) is 5.11 Å². The lowest BCUT2D eigenvalue weighted by Crippen LogP contribution is -2.28. The minimum absolute atomic E-state index is 0.144. The van der Waals surface area contributed by atoms with Crippen molar-refractivity contribution < 1.29 is 10.2 Å². The third kappa shape index (κ3) is 15.8. The van der Waals surface area contributed by atoms with Gasteiger partial charge in [0.05, 0.1) is 12.7 Å². The topological polar surface area (TPSA) is 52.5 Å². The van der Waals surface area contributed by atoms with Gasteiger partial charge in [-0.1, -0.05) is 71.1 Å². The maximum absolute atomic E-state index is 9.65. The van der Waals surface area contributed by atoms with Crippen LogP contribution in [0.15, 0.2) is 0 Å². The fourth-order valence-electron chi connectivity index (χ4n) is 2.32. The van der Waals surface area contributed by atoms with E-state index in [1.54, 1.807) is 0 Å². The highest BCUT2D eigenvalue weighted by atomic mass is 16.3. The molecule has 0 radical (unpaired) electrons. The molecule has 0 aromatic rings. The predicted octanol–water partition coefficient (Wildman–Crippen LogP) is 3.24. The van der Waals surface area contributed by atoms with Crippen LogP contribution in [-0.4, -0.2) is 36.0 Å². The standard InChI is InChI=1S/C16H35NO2/c1-2-3-4-5-6-7-8-9-10-11-12-16(19)15-17-13-14-18/h16-19H,2-15H2,1H3. The van der Waals surface area contributed by atoms with Crippen LogP contribution in [0, 0.1) is 0 Å². The first-order valence-electron chi connectivity index (χ1n) is 8.31. The Balaban J connectivity index is 3.05. The summed E-state index contributed by atoms with van der Waals surface area (Å²) in [4.78, 5) is 0. The number of hydrogen-bond acceptors (Lipinski definition) is 3. The zero-order valence-electron chi connectivity index (χ0n) is 12.9. The van der Waals surface area contributed by atoms with Gasteiger partial charge in [-0.2, -0.15) is 0 Å². The van der Waals surface area contributed by atoms with Crippen molar-refractivity contribution in [2.75, 3.05) is 19.7 Å². The van der Waals surface area contributed by atoms with Gasteiger partial charge in [-0.3, -0.25) is 0 Å². The monoisotopic (exact) mass is 273 g/mol. The van der Waals surface area contributed by atoms with E-state index < -0.39 is 0 Å². The van der Waals surface area contributed by atoms with Crippen LogP contribution in [-0.2, 0) is 0 Å². The largest absolute Gasteiger partial charge is 0.395 e. The fraction of sp³-hybridized carbons (Fsp3) is 1.00. The van der Waals surface area contributed by atoms with Crippen LogP contribution >= 0.6 is 0 Å². The molecule has 116 valence electrons. The van der Waals surface area contributed by atoms with Crippen LogP contribution in [0.2, 0.25) is 0 Å². The van der Waals surface area contributed by atoms with Crippen molar-refractivity contribution in [3.8, 4) is 0 Å². The highest BCUT2D eigenvalue weighted by Gasteiger charge is 2.02. The van der Waals surface area contributed by atoms with E-state index in [1.807, 2.05) is 0 Å². The van der Waals surface area contributed by atoms with Crippen molar-refractivity contribution in [2.45, 2.75) is 83.7 Å². The maximum Gasteiger partial charge on any atom is 0.0664 e. The first kappa shape index (κ1) is 18.9. The molecule has 0 aliphatic heterocycles. The number of aliphatic hydroxyl groups is 2. The summed E-state index contributed by atoms with van der Waals surface area (Å²) in [6, 6.07) is 0. The summed E-state index contributed by atoms with van der Waals surface area (Å²) >= 11 is 0. The molecular formula is C16H35NO2. The molecule has 0 heterocycles. The Morgan fingerprint density at radius 2 is 1.37 bits per heavy atom. The highest BCUT2D eigenvalue weighted by Crippen LogP contribution is 2.11. The van der Waals surface area contributed by atoms with Gasteiger partial charge in [-0.25, -0.2) is 0 Å². The molecule has 1 unspecified atom stereocenters. The summed E-state index contributed by atoms with van der Waals surface area (Å²) in [6.07, 6.45) is 14.0. The Labute approximate surface area is 119 Å². The Kier molecular flexibility index (Phi) is 15.8. The molecule has 0 fully saturated rings. The second kappa shape index (κ2) is 15.9. The minimum Gasteiger partial charge on any atom is -0.395 e. The van der Waals surface area contributed by atoms with E-state index >= 15 is 0 Å². The second-order valence-electron chi connectivity index (χ2n) is 5.55. The van der Waals surface area contributed by atoms with Gasteiger partial charge in [0.15, 0.2) is 0 Å². The summed E-state index contributed by atoms with van der Waals surface area (Å²) in [5.74, 6) is 0. The van der Waals surface area contributed by atoms with Gasteiger partial charge in [-0.05, 0) is 6.42 Å². The summed E-state index contributed by atoms with van der Waals surface area (Å²) in [6.45, 7) is 3.59. The lowest BCUT2D eigenvalue weighted by molar-refractivity contribution is 0.155. The van der Waals surface area contributed by atoms with Crippen molar-refractivity contribution in [1.82, 2.24) is 5.32 Å².